The highest BCUT2D eigenvalue weighted by Crippen LogP contribution is 2.55. The van der Waals surface area contributed by atoms with Gasteiger partial charge >= 0.3 is 0 Å². The fourth-order valence-electron chi connectivity index (χ4n) is 5.81. The monoisotopic (exact) mass is 353 g/mol. The summed E-state index contributed by atoms with van der Waals surface area (Å²) in [6.45, 7) is 4.84. The first-order chi connectivity index (χ1) is 12.6. The standard InChI is InChI=1S/C21H27N3O2/c1-14-8-11-23(12-9-14)19(25)17-13-15-5-4-10-24(15)21(17)16-6-2-3-7-18(16)22-20(21)26/h2-3,6-7,14-15,17H,4-5,8-13H2,1H3,(H,22,26). The van der Waals surface area contributed by atoms with Gasteiger partial charge in [0.05, 0.1) is 5.92 Å². The van der Waals surface area contributed by atoms with Crippen molar-refractivity contribution in [3.05, 3.63) is 29.8 Å². The van der Waals surface area contributed by atoms with Gasteiger partial charge in [-0.2, -0.15) is 0 Å². The number of nitrogens with one attached hydrogen (secondary N) is 1. The SMILES string of the molecule is CC1CCN(C(=O)C2CC3CCCN3C23C(=O)Nc2ccccc23)CC1. The number of amides is 2. The minimum atomic E-state index is -0.794. The Morgan fingerprint density at radius 1 is 1.15 bits per heavy atom. The first-order valence-corrected chi connectivity index (χ1v) is 10.1. The van der Waals surface area contributed by atoms with Crippen LogP contribution in [-0.4, -0.2) is 47.3 Å². The quantitative estimate of drug-likeness (QED) is 0.844. The average Bonchev–Trinajstić information content (AvgIpc) is 3.30. The van der Waals surface area contributed by atoms with Crippen LogP contribution in [0.5, 0.6) is 0 Å². The molecule has 3 fully saturated rings. The molecule has 138 valence electrons. The van der Waals surface area contributed by atoms with Crippen molar-refractivity contribution < 1.29 is 9.59 Å². The zero-order valence-corrected chi connectivity index (χ0v) is 15.4. The number of benzene rings is 1. The normalized spacial score (nSPS) is 34.2. The molecule has 0 aromatic heterocycles. The van der Waals surface area contributed by atoms with Gasteiger partial charge in [0.2, 0.25) is 11.8 Å². The number of hydrogen-bond donors (Lipinski definition) is 1. The first-order valence-electron chi connectivity index (χ1n) is 10.1. The Morgan fingerprint density at radius 3 is 2.73 bits per heavy atom. The maximum Gasteiger partial charge on any atom is 0.250 e. The van der Waals surface area contributed by atoms with E-state index in [1.807, 2.05) is 29.2 Å². The maximum absolute atomic E-state index is 13.6. The molecule has 4 aliphatic rings. The van der Waals surface area contributed by atoms with Crippen molar-refractivity contribution in [3.63, 3.8) is 0 Å². The molecule has 5 nitrogen and oxygen atoms in total. The number of carbonyl (C=O) groups is 2. The van der Waals surface area contributed by atoms with E-state index in [-0.39, 0.29) is 17.7 Å². The maximum atomic E-state index is 13.6. The van der Waals surface area contributed by atoms with Crippen LogP contribution >= 0.6 is 0 Å². The third-order valence-corrected chi connectivity index (χ3v) is 7.17. The van der Waals surface area contributed by atoms with Crippen molar-refractivity contribution in [1.29, 1.82) is 0 Å². The Hall–Kier alpha value is -1.88. The summed E-state index contributed by atoms with van der Waals surface area (Å²) in [5.74, 6) is 0.630. The summed E-state index contributed by atoms with van der Waals surface area (Å²) in [7, 11) is 0. The second-order valence-corrected chi connectivity index (χ2v) is 8.55. The number of likely N-dealkylation sites (tertiary alicyclic amines) is 1. The van der Waals surface area contributed by atoms with Crippen molar-refractivity contribution in [3.8, 4) is 0 Å². The zero-order chi connectivity index (χ0) is 17.9. The first kappa shape index (κ1) is 16.3. The lowest BCUT2D eigenvalue weighted by Crippen LogP contribution is -2.55. The third kappa shape index (κ3) is 2.07. The molecule has 1 aromatic rings. The number of anilines is 1. The lowest BCUT2D eigenvalue weighted by Gasteiger charge is -2.39. The summed E-state index contributed by atoms with van der Waals surface area (Å²) < 4.78 is 0. The van der Waals surface area contributed by atoms with Gasteiger partial charge in [-0.1, -0.05) is 25.1 Å². The summed E-state index contributed by atoms with van der Waals surface area (Å²) in [5, 5.41) is 3.09. The van der Waals surface area contributed by atoms with Crippen molar-refractivity contribution in [2.75, 3.05) is 25.0 Å². The molecule has 5 rings (SSSR count). The Bertz CT molecular complexity index is 755. The number of piperidine rings is 1. The summed E-state index contributed by atoms with van der Waals surface area (Å²) in [6, 6.07) is 8.32. The summed E-state index contributed by atoms with van der Waals surface area (Å²) in [5.41, 5.74) is 1.10. The van der Waals surface area contributed by atoms with Crippen LogP contribution in [0, 0.1) is 11.8 Å². The van der Waals surface area contributed by atoms with Gasteiger partial charge in [0.1, 0.15) is 5.54 Å². The van der Waals surface area contributed by atoms with Gasteiger partial charge in [-0.3, -0.25) is 14.5 Å². The molecule has 1 N–H and O–H groups in total. The highest BCUT2D eigenvalue weighted by atomic mass is 16.2. The molecular weight excluding hydrogens is 326 g/mol. The van der Waals surface area contributed by atoms with E-state index in [0.717, 1.165) is 63.0 Å². The molecule has 3 atom stereocenters. The Labute approximate surface area is 154 Å². The van der Waals surface area contributed by atoms with Crippen LogP contribution in [0.1, 0.15) is 44.6 Å². The van der Waals surface area contributed by atoms with E-state index in [1.165, 1.54) is 0 Å². The minimum Gasteiger partial charge on any atom is -0.342 e. The van der Waals surface area contributed by atoms with E-state index in [4.69, 9.17) is 0 Å². The van der Waals surface area contributed by atoms with E-state index >= 15 is 0 Å². The molecule has 5 heteroatoms. The van der Waals surface area contributed by atoms with Crippen LogP contribution in [-0.2, 0) is 15.1 Å². The molecule has 3 unspecified atom stereocenters. The molecule has 0 bridgehead atoms. The predicted octanol–water partition coefficient (Wildman–Crippen LogP) is 2.58. The largest absolute Gasteiger partial charge is 0.342 e. The second-order valence-electron chi connectivity index (χ2n) is 8.55. The van der Waals surface area contributed by atoms with Gasteiger partial charge in [0.25, 0.3) is 0 Å². The van der Waals surface area contributed by atoms with Crippen molar-refractivity contribution >= 4 is 17.5 Å². The topological polar surface area (TPSA) is 52.7 Å². The second kappa shape index (κ2) is 5.81. The van der Waals surface area contributed by atoms with Gasteiger partial charge in [0.15, 0.2) is 0 Å². The van der Waals surface area contributed by atoms with E-state index in [1.54, 1.807) is 0 Å². The molecule has 1 aromatic carbocycles. The number of para-hydroxylation sites is 1. The average molecular weight is 353 g/mol. The van der Waals surface area contributed by atoms with Crippen molar-refractivity contribution in [2.45, 2.75) is 50.6 Å². The third-order valence-electron chi connectivity index (χ3n) is 7.17. The summed E-state index contributed by atoms with van der Waals surface area (Å²) >= 11 is 0. The molecule has 0 saturated carbocycles. The lowest BCUT2D eigenvalue weighted by atomic mass is 9.77. The van der Waals surface area contributed by atoms with Gasteiger partial charge in [-0.15, -0.1) is 0 Å². The van der Waals surface area contributed by atoms with Gasteiger partial charge < -0.3 is 10.2 Å². The van der Waals surface area contributed by atoms with Gasteiger partial charge in [-0.25, -0.2) is 0 Å². The zero-order valence-electron chi connectivity index (χ0n) is 15.4. The smallest absolute Gasteiger partial charge is 0.250 e. The van der Waals surface area contributed by atoms with Crippen LogP contribution in [0.4, 0.5) is 5.69 Å². The summed E-state index contributed by atoms with van der Waals surface area (Å²) in [6.07, 6.45) is 5.16. The number of hydrogen-bond acceptors (Lipinski definition) is 3. The van der Waals surface area contributed by atoms with Crippen LogP contribution in [0.2, 0.25) is 0 Å². The molecule has 3 saturated heterocycles. The number of carbonyl (C=O) groups excluding carboxylic acids is 2. The molecule has 26 heavy (non-hydrogen) atoms. The van der Waals surface area contributed by atoms with Crippen molar-refractivity contribution in [1.82, 2.24) is 9.80 Å². The highest BCUT2D eigenvalue weighted by molar-refractivity contribution is 6.09. The Kier molecular flexibility index (Phi) is 3.64. The van der Waals surface area contributed by atoms with Crippen LogP contribution in [0.25, 0.3) is 0 Å². The van der Waals surface area contributed by atoms with Gasteiger partial charge in [0, 0.05) is 30.4 Å². The Balaban J connectivity index is 1.57. The fourth-order valence-corrected chi connectivity index (χ4v) is 5.81. The van der Waals surface area contributed by atoms with Crippen molar-refractivity contribution in [2.24, 2.45) is 11.8 Å². The highest BCUT2D eigenvalue weighted by Gasteiger charge is 2.65. The molecule has 2 amide bonds. The molecule has 1 spiro atoms. The predicted molar refractivity (Wildman–Crippen MR) is 99.6 cm³/mol. The van der Waals surface area contributed by atoms with Gasteiger partial charge in [-0.05, 0) is 50.6 Å². The lowest BCUT2D eigenvalue weighted by molar-refractivity contribution is -0.145. The van der Waals surface area contributed by atoms with E-state index in [2.05, 4.69) is 17.1 Å². The summed E-state index contributed by atoms with van der Waals surface area (Å²) in [4.78, 5) is 31.3. The van der Waals surface area contributed by atoms with E-state index in [9.17, 15) is 9.59 Å². The number of rotatable bonds is 1. The molecule has 0 aliphatic carbocycles. The van der Waals surface area contributed by atoms with Crippen LogP contribution < -0.4 is 5.32 Å². The van der Waals surface area contributed by atoms with Crippen LogP contribution in [0.15, 0.2) is 24.3 Å². The number of nitrogens with zero attached hydrogens (tertiary/aromatic N) is 2. The molecule has 0 radical (unpaired) electrons. The van der Waals surface area contributed by atoms with Crippen LogP contribution in [0.3, 0.4) is 0 Å². The number of fused-ring (bicyclic) bond motifs is 4. The minimum absolute atomic E-state index is 0.00632. The Morgan fingerprint density at radius 2 is 1.92 bits per heavy atom. The molecule has 4 aliphatic heterocycles. The fraction of sp³-hybridized carbons (Fsp3) is 0.619. The molecule has 4 heterocycles. The molecular formula is C21H27N3O2. The van der Waals surface area contributed by atoms with E-state index < -0.39 is 5.54 Å². The van der Waals surface area contributed by atoms with E-state index in [0.29, 0.717) is 12.0 Å².